The Hall–Kier alpha value is -2.43. The molecule has 0 spiro atoms. The van der Waals surface area contributed by atoms with Crippen LogP contribution in [0.3, 0.4) is 0 Å². The van der Waals surface area contributed by atoms with Crippen LogP contribution in [0.25, 0.3) is 0 Å². The summed E-state index contributed by atoms with van der Waals surface area (Å²) in [7, 11) is 2.02. The number of nitrogens with zero attached hydrogens (tertiary/aromatic N) is 3. The molecule has 0 aliphatic carbocycles. The Labute approximate surface area is 124 Å². The van der Waals surface area contributed by atoms with Crippen LogP contribution in [0.2, 0.25) is 0 Å². The average Bonchev–Trinajstić information content (AvgIpc) is 3.16. The lowest BCUT2D eigenvalue weighted by molar-refractivity contribution is -0.696. The summed E-state index contributed by atoms with van der Waals surface area (Å²) in [5.74, 6) is 0.801. The zero-order chi connectivity index (χ0) is 14.5. The van der Waals surface area contributed by atoms with Gasteiger partial charge in [0.1, 0.15) is 25.2 Å². The number of aryl methyl sites for hydroxylation is 1. The fourth-order valence-electron chi connectivity index (χ4n) is 2.34. The first-order valence-electron chi connectivity index (χ1n) is 7.06. The molecule has 2 aromatic rings. The Kier molecular flexibility index (Phi) is 4.09. The number of rotatable bonds is 6. The van der Waals surface area contributed by atoms with E-state index in [1.165, 1.54) is 5.56 Å². The van der Waals surface area contributed by atoms with Gasteiger partial charge in [0.15, 0.2) is 0 Å². The molecule has 0 unspecified atom stereocenters. The molecule has 5 heteroatoms. The summed E-state index contributed by atoms with van der Waals surface area (Å²) in [6.45, 7) is 2.87. The molecule has 0 atom stereocenters. The van der Waals surface area contributed by atoms with Gasteiger partial charge in [0.2, 0.25) is 19.0 Å². The number of ether oxygens (including phenoxy) is 2. The molecule has 1 aromatic heterocycles. The normalized spacial score (nSPS) is 13.5. The second-order valence-corrected chi connectivity index (χ2v) is 5.11. The van der Waals surface area contributed by atoms with Gasteiger partial charge in [0.05, 0.1) is 13.6 Å². The number of benzene rings is 1. The molecule has 0 saturated heterocycles. The van der Waals surface area contributed by atoms with E-state index in [9.17, 15) is 0 Å². The maximum Gasteiger partial charge on any atom is 0.243 e. The molecule has 0 amide bonds. The van der Waals surface area contributed by atoms with Crippen LogP contribution in [0.5, 0.6) is 0 Å². The zero-order valence-electron chi connectivity index (χ0n) is 12.2. The first kappa shape index (κ1) is 13.5. The molecule has 0 saturated carbocycles. The predicted molar refractivity (Wildman–Crippen MR) is 77.6 cm³/mol. The molecular formula is C16H20N3O2+. The molecule has 0 N–H and O–H groups in total. The fraction of sp³-hybridized carbons (Fsp3) is 0.312. The highest BCUT2D eigenvalue weighted by molar-refractivity contribution is 5.15. The van der Waals surface area contributed by atoms with E-state index in [1.807, 2.05) is 23.9 Å². The molecule has 1 aliphatic heterocycles. The fourth-order valence-corrected chi connectivity index (χ4v) is 2.34. The Morgan fingerprint density at radius 1 is 1.29 bits per heavy atom. The van der Waals surface area contributed by atoms with Crippen molar-refractivity contribution in [2.75, 3.05) is 13.3 Å². The zero-order valence-corrected chi connectivity index (χ0v) is 12.2. The van der Waals surface area contributed by atoms with Gasteiger partial charge in [-0.05, 0) is 5.56 Å². The summed E-state index contributed by atoms with van der Waals surface area (Å²) in [5.41, 5.74) is 1.26. The highest BCUT2D eigenvalue weighted by Gasteiger charge is 2.17. The van der Waals surface area contributed by atoms with E-state index in [0.717, 1.165) is 25.5 Å². The summed E-state index contributed by atoms with van der Waals surface area (Å²) >= 11 is 0. The summed E-state index contributed by atoms with van der Waals surface area (Å²) in [5, 5.41) is 0. The van der Waals surface area contributed by atoms with Gasteiger partial charge in [-0.25, -0.2) is 9.13 Å². The van der Waals surface area contributed by atoms with Crippen LogP contribution in [0.15, 0.2) is 61.2 Å². The summed E-state index contributed by atoms with van der Waals surface area (Å²) in [4.78, 5) is 2.20. The molecule has 110 valence electrons. The maximum absolute atomic E-state index is 5.53. The molecule has 3 rings (SSSR count). The van der Waals surface area contributed by atoms with Crippen LogP contribution in [0, 0.1) is 0 Å². The Bertz CT molecular complexity index is 607. The van der Waals surface area contributed by atoms with E-state index in [1.54, 1.807) is 6.26 Å². The number of aromatic nitrogens is 2. The Morgan fingerprint density at radius 3 is 2.81 bits per heavy atom. The van der Waals surface area contributed by atoms with E-state index in [-0.39, 0.29) is 0 Å². The minimum Gasteiger partial charge on any atom is -0.459 e. The van der Waals surface area contributed by atoms with Crippen LogP contribution in [0.1, 0.15) is 5.56 Å². The lowest BCUT2D eigenvalue weighted by atomic mass is 10.2. The summed E-state index contributed by atoms with van der Waals surface area (Å²) in [6, 6.07) is 10.4. The molecule has 5 nitrogen and oxygen atoms in total. The average molecular weight is 286 g/mol. The van der Waals surface area contributed by atoms with Crippen molar-refractivity contribution in [3.05, 3.63) is 66.8 Å². The monoisotopic (exact) mass is 286 g/mol. The van der Waals surface area contributed by atoms with Gasteiger partial charge in [-0.3, -0.25) is 0 Å². The third kappa shape index (κ3) is 3.56. The van der Waals surface area contributed by atoms with E-state index < -0.39 is 0 Å². The first-order valence-corrected chi connectivity index (χ1v) is 7.06. The van der Waals surface area contributed by atoms with Gasteiger partial charge in [0, 0.05) is 6.54 Å². The largest absolute Gasteiger partial charge is 0.459 e. The summed E-state index contributed by atoms with van der Waals surface area (Å²) in [6.07, 6.45) is 7.87. The molecule has 1 aromatic carbocycles. The molecule has 0 bridgehead atoms. The van der Waals surface area contributed by atoms with Crippen LogP contribution in [-0.4, -0.2) is 22.8 Å². The van der Waals surface area contributed by atoms with Crippen LogP contribution >= 0.6 is 0 Å². The van der Waals surface area contributed by atoms with Gasteiger partial charge >= 0.3 is 0 Å². The molecule has 0 radical (unpaired) electrons. The van der Waals surface area contributed by atoms with Crippen molar-refractivity contribution in [3.8, 4) is 0 Å². The van der Waals surface area contributed by atoms with E-state index in [2.05, 4.69) is 46.3 Å². The predicted octanol–water partition coefficient (Wildman–Crippen LogP) is 1.62. The lowest BCUT2D eigenvalue weighted by Gasteiger charge is -2.23. The van der Waals surface area contributed by atoms with Crippen molar-refractivity contribution in [1.82, 2.24) is 9.47 Å². The second kappa shape index (κ2) is 6.35. The van der Waals surface area contributed by atoms with Gasteiger partial charge in [-0.2, -0.15) is 0 Å². The van der Waals surface area contributed by atoms with Crippen molar-refractivity contribution in [2.45, 2.75) is 13.1 Å². The van der Waals surface area contributed by atoms with Crippen molar-refractivity contribution >= 4 is 0 Å². The topological polar surface area (TPSA) is 30.5 Å². The molecular weight excluding hydrogens is 266 g/mol. The van der Waals surface area contributed by atoms with Crippen LogP contribution < -0.4 is 4.57 Å². The number of hydrogen-bond donors (Lipinski definition) is 0. The third-order valence-corrected chi connectivity index (χ3v) is 3.44. The van der Waals surface area contributed by atoms with E-state index >= 15 is 0 Å². The van der Waals surface area contributed by atoms with Gasteiger partial charge in [-0.1, -0.05) is 30.3 Å². The van der Waals surface area contributed by atoms with Gasteiger partial charge in [-0.15, -0.1) is 0 Å². The third-order valence-electron chi connectivity index (χ3n) is 3.44. The smallest absolute Gasteiger partial charge is 0.243 e. The highest BCUT2D eigenvalue weighted by atomic mass is 16.7. The highest BCUT2D eigenvalue weighted by Crippen LogP contribution is 2.16. The van der Waals surface area contributed by atoms with Crippen molar-refractivity contribution in [3.63, 3.8) is 0 Å². The van der Waals surface area contributed by atoms with Crippen molar-refractivity contribution < 1.29 is 14.0 Å². The molecule has 2 heterocycles. The van der Waals surface area contributed by atoms with Crippen molar-refractivity contribution in [1.29, 1.82) is 0 Å². The van der Waals surface area contributed by atoms with E-state index in [0.29, 0.717) is 6.79 Å². The molecule has 1 aliphatic rings. The van der Waals surface area contributed by atoms with Crippen LogP contribution in [-0.2, 0) is 29.6 Å². The first-order chi connectivity index (χ1) is 10.3. The lowest BCUT2D eigenvalue weighted by Crippen LogP contribution is -2.38. The van der Waals surface area contributed by atoms with Gasteiger partial charge in [0.25, 0.3) is 0 Å². The van der Waals surface area contributed by atoms with E-state index in [4.69, 9.17) is 9.47 Å². The second-order valence-electron chi connectivity index (χ2n) is 5.11. The molecule has 0 fully saturated rings. The van der Waals surface area contributed by atoms with Gasteiger partial charge < -0.3 is 14.4 Å². The maximum atomic E-state index is 5.53. The number of imidazole rings is 1. The minimum atomic E-state index is 0.305. The summed E-state index contributed by atoms with van der Waals surface area (Å²) < 4.78 is 14.9. The number of hydrogen-bond acceptors (Lipinski definition) is 3. The van der Waals surface area contributed by atoms with Crippen LogP contribution in [0.4, 0.5) is 0 Å². The Balaban J connectivity index is 1.67. The molecule has 21 heavy (non-hydrogen) atoms. The van der Waals surface area contributed by atoms with Crippen molar-refractivity contribution in [2.24, 2.45) is 7.05 Å². The Morgan fingerprint density at radius 2 is 2.14 bits per heavy atom. The standard InChI is InChI=1S/C16H20N3O2/c1-17-7-8-18(13-17)9-10-19(16-12-20-14-21-16)11-15-5-3-2-4-6-15/h2-8,12-13H,9-11,14H2,1H3/q+1. The quantitative estimate of drug-likeness (QED) is 0.756. The minimum absolute atomic E-state index is 0.305. The SMILES string of the molecule is Cn1cc[n+](CCN(Cc2ccccc2)C2=COCO2)c1.